The van der Waals surface area contributed by atoms with Gasteiger partial charge in [0.2, 0.25) is 17.7 Å². The van der Waals surface area contributed by atoms with Gasteiger partial charge in [0.1, 0.15) is 17.4 Å². The van der Waals surface area contributed by atoms with E-state index >= 15 is 0 Å². The Morgan fingerprint density at radius 3 is 2.30 bits per heavy atom. The summed E-state index contributed by atoms with van der Waals surface area (Å²) in [5.41, 5.74) is 0.394. The predicted molar refractivity (Wildman–Crippen MR) is 133 cm³/mol. The number of amides is 1. The van der Waals surface area contributed by atoms with Crippen molar-refractivity contribution in [2.75, 3.05) is 7.11 Å². The Bertz CT molecular complexity index is 1380. The predicted octanol–water partition coefficient (Wildman–Crippen LogP) is 5.16. The van der Waals surface area contributed by atoms with Crippen LogP contribution in [0.4, 0.5) is 4.79 Å². The zero-order valence-electron chi connectivity index (χ0n) is 21.3. The summed E-state index contributed by atoms with van der Waals surface area (Å²) in [6, 6.07) is 14.5. The molecule has 0 aliphatic rings. The van der Waals surface area contributed by atoms with Crippen molar-refractivity contribution in [1.82, 2.24) is 20.5 Å². The molecule has 0 saturated carbocycles. The minimum atomic E-state index is -1.10. The number of benzene rings is 2. The summed E-state index contributed by atoms with van der Waals surface area (Å²) < 4.78 is 21.9. The first-order chi connectivity index (χ1) is 17.6. The quantitative estimate of drug-likeness (QED) is 0.339. The molecule has 1 amide bonds. The van der Waals surface area contributed by atoms with Crippen LogP contribution in [0.3, 0.4) is 0 Å². The lowest BCUT2D eigenvalue weighted by Gasteiger charge is -2.29. The lowest BCUT2D eigenvalue weighted by molar-refractivity contribution is 0.0443. The number of hydrogen-bond acceptors (Lipinski definition) is 9. The topological polar surface area (TPSA) is 130 Å². The summed E-state index contributed by atoms with van der Waals surface area (Å²) >= 11 is 0. The van der Waals surface area contributed by atoms with E-state index in [4.69, 9.17) is 18.3 Å². The van der Waals surface area contributed by atoms with E-state index in [0.717, 1.165) is 5.56 Å². The molecule has 0 aliphatic carbocycles. The zero-order chi connectivity index (χ0) is 26.6. The van der Waals surface area contributed by atoms with Crippen LogP contribution in [0.2, 0.25) is 0 Å². The average Bonchev–Trinajstić information content (AvgIpc) is 3.55. The normalized spacial score (nSPS) is 13.0. The number of esters is 1. The van der Waals surface area contributed by atoms with Crippen molar-refractivity contribution < 1.29 is 27.9 Å². The van der Waals surface area contributed by atoms with Gasteiger partial charge < -0.3 is 23.6 Å². The first kappa shape index (κ1) is 25.6. The fraction of sp³-hybridized carbons (Fsp3) is 0.296. The third-order valence-corrected chi connectivity index (χ3v) is 5.35. The smallest absolute Gasteiger partial charge is 0.408 e. The van der Waals surface area contributed by atoms with Crippen molar-refractivity contribution in [3.05, 3.63) is 78.0 Å². The number of carbonyl (C=O) groups excluding carboxylic acids is 2. The van der Waals surface area contributed by atoms with Gasteiger partial charge in [0.25, 0.3) is 0 Å². The molecular formula is C27H28N4O6. The minimum Gasteiger partial charge on any atom is -0.465 e. The van der Waals surface area contributed by atoms with Crippen molar-refractivity contribution >= 4 is 12.1 Å². The fourth-order valence-electron chi connectivity index (χ4n) is 3.75. The van der Waals surface area contributed by atoms with Crippen LogP contribution < -0.4 is 5.32 Å². The Morgan fingerprint density at radius 2 is 1.68 bits per heavy atom. The summed E-state index contributed by atoms with van der Waals surface area (Å²) in [7, 11) is 1.29. The highest BCUT2D eigenvalue weighted by Crippen LogP contribution is 2.31. The van der Waals surface area contributed by atoms with Crippen LogP contribution >= 0.6 is 0 Å². The van der Waals surface area contributed by atoms with E-state index in [1.807, 2.05) is 30.3 Å². The maximum atomic E-state index is 12.8. The standard InChI is InChI=1S/C27H28N4O6/c1-26(2,3)37-25(33)29-27(4,16-17-9-7-6-8-10-17)24-31-30-22(36-24)19-13-18(21-28-11-12-35-21)14-20(15-19)23(32)34-5/h6-15H,16H2,1-5H3,(H,29,33)/t27-/m1/s1. The van der Waals surface area contributed by atoms with Crippen LogP contribution in [0, 0.1) is 0 Å². The van der Waals surface area contributed by atoms with E-state index in [1.165, 1.54) is 19.6 Å². The fourth-order valence-corrected chi connectivity index (χ4v) is 3.75. The third kappa shape index (κ3) is 6.21. The molecule has 0 spiro atoms. The molecule has 0 saturated heterocycles. The Morgan fingerprint density at radius 1 is 0.973 bits per heavy atom. The number of methoxy groups -OCH3 is 1. The number of nitrogens with zero attached hydrogens (tertiary/aromatic N) is 3. The number of carbonyl (C=O) groups is 2. The molecule has 2 aromatic heterocycles. The number of oxazole rings is 1. The second kappa shape index (κ2) is 10.3. The van der Waals surface area contributed by atoms with Gasteiger partial charge in [-0.05, 0) is 51.5 Å². The molecule has 0 aliphatic heterocycles. The summed E-state index contributed by atoms with van der Waals surface area (Å²) in [6.45, 7) is 7.13. The SMILES string of the molecule is COC(=O)c1cc(-c2ncco2)cc(-c2nnc([C@@](C)(Cc3ccccc3)NC(=O)OC(C)(C)C)o2)c1. The van der Waals surface area contributed by atoms with E-state index < -0.39 is 23.2 Å². The molecule has 2 heterocycles. The zero-order valence-corrected chi connectivity index (χ0v) is 21.3. The number of aromatic nitrogens is 3. The molecule has 2 aromatic carbocycles. The second-order valence-corrected chi connectivity index (χ2v) is 9.66. The molecule has 0 bridgehead atoms. The summed E-state index contributed by atoms with van der Waals surface area (Å²) in [5, 5.41) is 11.4. The number of hydrogen-bond donors (Lipinski definition) is 1. The number of nitrogens with one attached hydrogen (secondary N) is 1. The molecule has 10 heteroatoms. The maximum Gasteiger partial charge on any atom is 0.408 e. The van der Waals surface area contributed by atoms with Gasteiger partial charge in [-0.3, -0.25) is 0 Å². The highest BCUT2D eigenvalue weighted by Gasteiger charge is 2.37. The van der Waals surface area contributed by atoms with Gasteiger partial charge >= 0.3 is 12.1 Å². The Labute approximate surface area is 214 Å². The minimum absolute atomic E-state index is 0.138. The third-order valence-electron chi connectivity index (χ3n) is 5.35. The van der Waals surface area contributed by atoms with Gasteiger partial charge in [0, 0.05) is 17.5 Å². The molecule has 0 radical (unpaired) electrons. The molecule has 1 atom stereocenters. The number of rotatable bonds is 7. The maximum absolute atomic E-state index is 12.8. The number of ether oxygens (including phenoxy) is 2. The van der Waals surface area contributed by atoms with Crippen molar-refractivity contribution in [2.24, 2.45) is 0 Å². The highest BCUT2D eigenvalue weighted by molar-refractivity contribution is 5.92. The lowest BCUT2D eigenvalue weighted by atomic mass is 9.92. The molecule has 1 N–H and O–H groups in total. The molecule has 0 fully saturated rings. The number of alkyl carbamates (subject to hydrolysis) is 1. The van der Waals surface area contributed by atoms with Crippen LogP contribution in [0.1, 0.15) is 49.5 Å². The highest BCUT2D eigenvalue weighted by atomic mass is 16.6. The van der Waals surface area contributed by atoms with E-state index in [1.54, 1.807) is 45.9 Å². The van der Waals surface area contributed by atoms with Gasteiger partial charge in [0.15, 0.2) is 0 Å². The van der Waals surface area contributed by atoms with E-state index in [2.05, 4.69) is 20.5 Å². The van der Waals surface area contributed by atoms with Crippen LogP contribution in [-0.4, -0.2) is 40.0 Å². The van der Waals surface area contributed by atoms with Crippen molar-refractivity contribution in [3.8, 4) is 22.9 Å². The van der Waals surface area contributed by atoms with Gasteiger partial charge in [0.05, 0.1) is 18.9 Å². The largest absolute Gasteiger partial charge is 0.465 e. The van der Waals surface area contributed by atoms with Gasteiger partial charge in [-0.25, -0.2) is 14.6 Å². The van der Waals surface area contributed by atoms with Crippen LogP contribution in [0.5, 0.6) is 0 Å². The van der Waals surface area contributed by atoms with Gasteiger partial charge in [-0.15, -0.1) is 10.2 Å². The second-order valence-electron chi connectivity index (χ2n) is 9.66. The first-order valence-electron chi connectivity index (χ1n) is 11.6. The molecule has 10 nitrogen and oxygen atoms in total. The summed E-state index contributed by atoms with van der Waals surface area (Å²) in [4.78, 5) is 29.2. The Hall–Kier alpha value is -4.47. The monoisotopic (exact) mass is 504 g/mol. The van der Waals surface area contributed by atoms with Crippen molar-refractivity contribution in [3.63, 3.8) is 0 Å². The molecule has 0 unspecified atom stereocenters. The van der Waals surface area contributed by atoms with Crippen LogP contribution in [0.15, 0.2) is 69.8 Å². The van der Waals surface area contributed by atoms with Crippen molar-refractivity contribution in [1.29, 1.82) is 0 Å². The van der Waals surface area contributed by atoms with Crippen LogP contribution in [-0.2, 0) is 21.4 Å². The summed E-state index contributed by atoms with van der Waals surface area (Å²) in [5.74, 6) is 0.0688. The Kier molecular flexibility index (Phi) is 7.10. The molecule has 4 rings (SSSR count). The van der Waals surface area contributed by atoms with Crippen LogP contribution in [0.25, 0.3) is 22.9 Å². The van der Waals surface area contributed by atoms with E-state index in [0.29, 0.717) is 23.4 Å². The average molecular weight is 505 g/mol. The van der Waals surface area contributed by atoms with E-state index in [9.17, 15) is 9.59 Å². The first-order valence-corrected chi connectivity index (χ1v) is 11.6. The van der Waals surface area contributed by atoms with Crippen molar-refractivity contribution in [2.45, 2.75) is 45.3 Å². The molecular weight excluding hydrogens is 476 g/mol. The Balaban J connectivity index is 1.73. The van der Waals surface area contributed by atoms with Gasteiger partial charge in [-0.1, -0.05) is 30.3 Å². The summed E-state index contributed by atoms with van der Waals surface area (Å²) in [6.07, 6.45) is 2.67. The molecule has 4 aromatic rings. The van der Waals surface area contributed by atoms with E-state index in [-0.39, 0.29) is 17.3 Å². The molecule has 37 heavy (non-hydrogen) atoms. The lowest BCUT2D eigenvalue weighted by Crippen LogP contribution is -2.47. The molecule has 192 valence electrons. The van der Waals surface area contributed by atoms with Gasteiger partial charge in [-0.2, -0.15) is 0 Å².